The van der Waals surface area contributed by atoms with Crippen molar-refractivity contribution in [2.24, 2.45) is 0 Å². The predicted molar refractivity (Wildman–Crippen MR) is 81.2 cm³/mol. The summed E-state index contributed by atoms with van der Waals surface area (Å²) in [7, 11) is 0. The molecule has 0 N–H and O–H groups in total. The Morgan fingerprint density at radius 3 is 2.06 bits per heavy atom. The molecular weight excluding hydrogens is 263 g/mol. The van der Waals surface area contributed by atoms with Crippen molar-refractivity contribution in [2.75, 3.05) is 0 Å². The molecule has 0 aliphatic heterocycles. The van der Waals surface area contributed by atoms with Gasteiger partial charge in [-0.3, -0.25) is 0 Å². The molecule has 0 amide bonds. The molecule has 0 aromatic heterocycles. The average Bonchev–Trinajstić information content (AvgIpc) is 2.41. The lowest BCUT2D eigenvalue weighted by molar-refractivity contribution is 1.14. The van der Waals surface area contributed by atoms with E-state index in [1.807, 2.05) is 24.3 Å². The zero-order valence-electron chi connectivity index (χ0n) is 10.2. The lowest BCUT2D eigenvalue weighted by Gasteiger charge is -1.99. The van der Waals surface area contributed by atoms with Crippen LogP contribution in [0.4, 0.5) is 0 Å². The van der Waals surface area contributed by atoms with E-state index in [1.54, 1.807) is 0 Å². The molecule has 0 saturated heterocycles. The topological polar surface area (TPSA) is 0 Å². The third-order valence-electron chi connectivity index (χ3n) is 2.80. The highest BCUT2D eigenvalue weighted by Crippen LogP contribution is 2.23. The summed E-state index contributed by atoms with van der Waals surface area (Å²) in [5.74, 6) is 0. The van der Waals surface area contributed by atoms with Crippen LogP contribution in [0.2, 0.25) is 10.0 Å². The van der Waals surface area contributed by atoms with Gasteiger partial charge in [0, 0.05) is 0 Å². The summed E-state index contributed by atoms with van der Waals surface area (Å²) in [4.78, 5) is 0. The molecule has 2 aromatic rings. The monoisotopic (exact) mass is 276 g/mol. The van der Waals surface area contributed by atoms with Crippen molar-refractivity contribution in [1.29, 1.82) is 0 Å². The van der Waals surface area contributed by atoms with E-state index in [4.69, 9.17) is 23.2 Å². The first-order chi connectivity index (χ1) is 8.69. The van der Waals surface area contributed by atoms with Crippen molar-refractivity contribution < 1.29 is 0 Å². The number of aryl methyl sites for hydroxylation is 1. The lowest BCUT2D eigenvalue weighted by Crippen LogP contribution is -1.79. The van der Waals surface area contributed by atoms with Gasteiger partial charge in [-0.25, -0.2) is 0 Å². The first-order valence-electron chi connectivity index (χ1n) is 5.91. The van der Waals surface area contributed by atoms with Crippen LogP contribution in [-0.2, 0) is 6.42 Å². The van der Waals surface area contributed by atoms with Gasteiger partial charge in [-0.15, -0.1) is 0 Å². The smallest absolute Gasteiger partial charge is 0.0598 e. The van der Waals surface area contributed by atoms with E-state index in [1.165, 1.54) is 11.1 Å². The molecule has 0 bridgehead atoms. The largest absolute Gasteiger partial charge is 0.0827 e. The summed E-state index contributed by atoms with van der Waals surface area (Å²) < 4.78 is 0. The van der Waals surface area contributed by atoms with Crippen LogP contribution < -0.4 is 0 Å². The Morgan fingerprint density at radius 2 is 1.44 bits per heavy atom. The van der Waals surface area contributed by atoms with E-state index in [-0.39, 0.29) is 0 Å². The van der Waals surface area contributed by atoms with Crippen molar-refractivity contribution in [2.45, 2.75) is 13.3 Å². The molecule has 18 heavy (non-hydrogen) atoms. The van der Waals surface area contributed by atoms with Crippen molar-refractivity contribution in [1.82, 2.24) is 0 Å². The second-order valence-electron chi connectivity index (χ2n) is 4.10. The molecule has 2 aromatic carbocycles. The normalized spacial score (nSPS) is 11.1. The van der Waals surface area contributed by atoms with Crippen LogP contribution in [0, 0.1) is 0 Å². The van der Waals surface area contributed by atoms with E-state index >= 15 is 0 Å². The van der Waals surface area contributed by atoms with Gasteiger partial charge in [0.25, 0.3) is 0 Å². The highest BCUT2D eigenvalue weighted by Gasteiger charge is 1.96. The second kappa shape index (κ2) is 6.08. The molecule has 92 valence electrons. The molecule has 0 radical (unpaired) electrons. The number of benzene rings is 2. The Morgan fingerprint density at radius 1 is 0.833 bits per heavy atom. The molecular formula is C16H14Cl2. The molecule has 2 heteroatoms. The van der Waals surface area contributed by atoms with Crippen LogP contribution >= 0.6 is 23.2 Å². The Hall–Kier alpha value is -1.24. The zero-order chi connectivity index (χ0) is 13.0. The van der Waals surface area contributed by atoms with E-state index in [0.29, 0.717) is 10.0 Å². The van der Waals surface area contributed by atoms with Gasteiger partial charge in [0.15, 0.2) is 0 Å². The maximum Gasteiger partial charge on any atom is 0.0598 e. The molecule has 2 rings (SSSR count). The van der Waals surface area contributed by atoms with Gasteiger partial charge < -0.3 is 0 Å². The fourth-order valence-corrected chi connectivity index (χ4v) is 1.98. The minimum atomic E-state index is 0.583. The van der Waals surface area contributed by atoms with Gasteiger partial charge in [0.1, 0.15) is 0 Å². The molecule has 0 nitrogen and oxygen atoms in total. The molecule has 0 atom stereocenters. The summed E-state index contributed by atoms with van der Waals surface area (Å²) >= 11 is 11.8. The zero-order valence-corrected chi connectivity index (χ0v) is 11.7. The number of hydrogen-bond acceptors (Lipinski definition) is 0. The number of rotatable bonds is 3. The number of hydrogen-bond donors (Lipinski definition) is 0. The molecule has 0 spiro atoms. The summed E-state index contributed by atoms with van der Waals surface area (Å²) in [6, 6.07) is 14.2. The summed E-state index contributed by atoms with van der Waals surface area (Å²) in [5.41, 5.74) is 3.57. The Balaban J connectivity index is 2.16. The SMILES string of the molecule is CCc1ccc(/C=C/c2ccc(Cl)c(Cl)c2)cc1. The van der Waals surface area contributed by atoms with Crippen LogP contribution in [0.1, 0.15) is 23.6 Å². The molecule has 0 heterocycles. The lowest BCUT2D eigenvalue weighted by atomic mass is 10.1. The van der Waals surface area contributed by atoms with Gasteiger partial charge in [-0.2, -0.15) is 0 Å². The minimum Gasteiger partial charge on any atom is -0.0827 e. The van der Waals surface area contributed by atoms with Crippen LogP contribution in [0.5, 0.6) is 0 Å². The van der Waals surface area contributed by atoms with E-state index in [9.17, 15) is 0 Å². The first-order valence-corrected chi connectivity index (χ1v) is 6.66. The third kappa shape index (κ3) is 3.38. The quantitative estimate of drug-likeness (QED) is 0.629. The highest BCUT2D eigenvalue weighted by atomic mass is 35.5. The Kier molecular flexibility index (Phi) is 4.46. The van der Waals surface area contributed by atoms with E-state index in [2.05, 4.69) is 37.3 Å². The molecule has 0 unspecified atom stereocenters. The van der Waals surface area contributed by atoms with Crippen molar-refractivity contribution >= 4 is 35.4 Å². The molecule has 0 aliphatic rings. The Bertz CT molecular complexity index is 554. The summed E-state index contributed by atoms with van der Waals surface area (Å²) in [6.07, 6.45) is 5.17. The first kappa shape index (κ1) is 13.2. The maximum atomic E-state index is 5.97. The van der Waals surface area contributed by atoms with Crippen molar-refractivity contribution in [3.8, 4) is 0 Å². The van der Waals surface area contributed by atoms with Gasteiger partial charge in [0.05, 0.1) is 10.0 Å². The number of halogens is 2. The van der Waals surface area contributed by atoms with Crippen LogP contribution in [-0.4, -0.2) is 0 Å². The second-order valence-corrected chi connectivity index (χ2v) is 4.92. The van der Waals surface area contributed by atoms with Gasteiger partial charge in [0.2, 0.25) is 0 Å². The molecule has 0 saturated carbocycles. The summed E-state index contributed by atoms with van der Waals surface area (Å²) in [5, 5.41) is 1.17. The van der Waals surface area contributed by atoms with Crippen LogP contribution in [0.3, 0.4) is 0 Å². The molecule has 0 aliphatic carbocycles. The summed E-state index contributed by atoms with van der Waals surface area (Å²) in [6.45, 7) is 2.15. The average molecular weight is 277 g/mol. The predicted octanol–water partition coefficient (Wildman–Crippen LogP) is 5.73. The highest BCUT2D eigenvalue weighted by molar-refractivity contribution is 6.42. The van der Waals surface area contributed by atoms with Crippen LogP contribution in [0.15, 0.2) is 42.5 Å². The van der Waals surface area contributed by atoms with Crippen molar-refractivity contribution in [3.05, 3.63) is 69.2 Å². The van der Waals surface area contributed by atoms with Crippen molar-refractivity contribution in [3.63, 3.8) is 0 Å². The van der Waals surface area contributed by atoms with E-state index in [0.717, 1.165) is 12.0 Å². The standard InChI is InChI=1S/C16H14Cl2/c1-2-12-3-5-13(6-4-12)7-8-14-9-10-15(17)16(18)11-14/h3-11H,2H2,1H3/b8-7+. The van der Waals surface area contributed by atoms with Crippen LogP contribution in [0.25, 0.3) is 12.2 Å². The maximum absolute atomic E-state index is 5.97. The van der Waals surface area contributed by atoms with E-state index < -0.39 is 0 Å². The fourth-order valence-electron chi connectivity index (χ4n) is 1.67. The third-order valence-corrected chi connectivity index (χ3v) is 3.54. The molecule has 0 fully saturated rings. The fraction of sp³-hybridized carbons (Fsp3) is 0.125. The Labute approximate surface area is 118 Å². The van der Waals surface area contributed by atoms with Gasteiger partial charge >= 0.3 is 0 Å². The van der Waals surface area contributed by atoms with Gasteiger partial charge in [-0.05, 0) is 35.2 Å². The van der Waals surface area contributed by atoms with Gasteiger partial charge in [-0.1, -0.05) is 72.6 Å². The minimum absolute atomic E-state index is 0.583.